The Hall–Kier alpha value is -6.18. The predicted molar refractivity (Wildman–Crippen MR) is 200 cm³/mol. The van der Waals surface area contributed by atoms with Crippen LogP contribution in [0.4, 0.5) is 0 Å². The monoisotopic (exact) mass is 601 g/mol. The summed E-state index contributed by atoms with van der Waals surface area (Å²) in [4.78, 5) is 0. The molecule has 0 aliphatic rings. The zero-order valence-electron chi connectivity index (χ0n) is 30.2. The lowest BCUT2D eigenvalue weighted by Crippen LogP contribution is -1.93. The maximum Gasteiger partial charge on any atom is 0.136 e. The van der Waals surface area contributed by atoms with Gasteiger partial charge in [-0.15, -0.1) is 0 Å². The molecule has 1 nitrogen and oxygen atoms in total. The first-order valence-electron chi connectivity index (χ1n) is 18.3. The summed E-state index contributed by atoms with van der Waals surface area (Å²) in [5.41, 5.74) is 6.33. The van der Waals surface area contributed by atoms with Crippen LogP contribution >= 0.6 is 0 Å². The van der Waals surface area contributed by atoms with Gasteiger partial charge in [-0.05, 0) is 107 Å². The largest absolute Gasteiger partial charge is 0.456 e. The van der Waals surface area contributed by atoms with E-state index < -0.39 is 6.04 Å². The van der Waals surface area contributed by atoms with E-state index in [9.17, 15) is 0 Å². The van der Waals surface area contributed by atoms with Crippen molar-refractivity contribution in [2.45, 2.75) is 0 Å². The van der Waals surface area contributed by atoms with Crippen LogP contribution in [0.3, 0.4) is 0 Å². The van der Waals surface area contributed by atoms with Crippen LogP contribution in [0, 0.1) is 0 Å². The van der Waals surface area contributed by atoms with Gasteiger partial charge >= 0.3 is 0 Å². The van der Waals surface area contributed by atoms with E-state index in [-0.39, 0.29) is 29.7 Å². The lowest BCUT2D eigenvalue weighted by atomic mass is 9.82. The molecule has 47 heavy (non-hydrogen) atoms. The van der Waals surface area contributed by atoms with Crippen LogP contribution in [-0.4, -0.2) is 0 Å². The molecule has 218 valence electrons. The molecule has 1 heteroatoms. The van der Waals surface area contributed by atoms with Gasteiger partial charge in [-0.2, -0.15) is 0 Å². The van der Waals surface area contributed by atoms with Gasteiger partial charge in [0.15, 0.2) is 0 Å². The summed E-state index contributed by atoms with van der Waals surface area (Å²) in [7, 11) is 0. The number of rotatable bonds is 3. The van der Waals surface area contributed by atoms with E-state index >= 15 is 0 Å². The predicted octanol–water partition coefficient (Wildman–Crippen LogP) is 13.2. The molecule has 0 radical (unpaired) electrons. The molecule has 0 aliphatic heterocycles. The van der Waals surface area contributed by atoms with E-state index in [1.54, 1.807) is 0 Å². The fourth-order valence-electron chi connectivity index (χ4n) is 7.47. The Morgan fingerprint density at radius 2 is 0.894 bits per heavy atom. The molecule has 0 amide bonds. The van der Waals surface area contributed by atoms with Crippen LogP contribution in [0.5, 0.6) is 0 Å². The smallest absolute Gasteiger partial charge is 0.136 e. The van der Waals surface area contributed by atoms with Gasteiger partial charge in [-0.25, -0.2) is 0 Å². The number of hydrogen-bond donors (Lipinski definition) is 0. The van der Waals surface area contributed by atoms with Crippen LogP contribution in [0.15, 0.2) is 174 Å². The Bertz CT molecular complexity index is 3050. The van der Waals surface area contributed by atoms with Crippen LogP contribution in [0.1, 0.15) is 6.85 Å². The van der Waals surface area contributed by atoms with Gasteiger partial charge in [0.25, 0.3) is 0 Å². The Morgan fingerprint density at radius 3 is 1.51 bits per heavy atom. The molecule has 0 bridgehead atoms. The standard InChI is InChI=1S/C46H28O/c1-2-13-29(14-3-1)39-25-30-15-4-5-16-31(30)26-40(39)45-36-21-10-8-19-34(36)44(35-20-9-11-22-37(35)45)38-23-12-24-42-46(38)41-27-32-17-6-7-18-33(32)28-43(41)47-42/h1-28H/i1D,2D,3D,13D,14D. The second-order valence-corrected chi connectivity index (χ2v) is 12.1. The van der Waals surface area contributed by atoms with Gasteiger partial charge in [0.1, 0.15) is 11.2 Å². The Kier molecular flexibility index (Phi) is 4.66. The minimum Gasteiger partial charge on any atom is -0.456 e. The first-order chi connectivity index (χ1) is 25.4. The zero-order chi connectivity index (χ0) is 35.2. The van der Waals surface area contributed by atoms with Gasteiger partial charge in [0.05, 0.1) is 6.85 Å². The highest BCUT2D eigenvalue weighted by molar-refractivity contribution is 6.27. The van der Waals surface area contributed by atoms with Crippen molar-refractivity contribution in [3.8, 4) is 33.4 Å². The molecule has 10 aromatic rings. The molecular weight excluding hydrogens is 569 g/mol. The van der Waals surface area contributed by atoms with E-state index in [2.05, 4.69) is 91.0 Å². The highest BCUT2D eigenvalue weighted by Crippen LogP contribution is 2.49. The summed E-state index contributed by atoms with van der Waals surface area (Å²) in [6.45, 7) is 0. The van der Waals surface area contributed by atoms with E-state index in [0.29, 0.717) is 5.56 Å². The number of furan rings is 1. The number of hydrogen-bond acceptors (Lipinski definition) is 1. The minimum atomic E-state index is -0.407. The van der Waals surface area contributed by atoms with Gasteiger partial charge < -0.3 is 4.42 Å². The lowest BCUT2D eigenvalue weighted by molar-refractivity contribution is 0.669. The van der Waals surface area contributed by atoms with Crippen molar-refractivity contribution in [1.82, 2.24) is 0 Å². The lowest BCUT2D eigenvalue weighted by Gasteiger charge is -2.20. The molecule has 0 spiro atoms. The molecule has 0 saturated heterocycles. The topological polar surface area (TPSA) is 13.1 Å². The normalized spacial score (nSPS) is 13.3. The van der Waals surface area contributed by atoms with E-state index in [1.807, 2.05) is 48.5 Å². The van der Waals surface area contributed by atoms with Crippen molar-refractivity contribution in [1.29, 1.82) is 0 Å². The average molecular weight is 602 g/mol. The summed E-state index contributed by atoms with van der Waals surface area (Å²) in [6.07, 6.45) is 0. The molecule has 9 aromatic carbocycles. The molecular formula is C46H28O. The summed E-state index contributed by atoms with van der Waals surface area (Å²) < 4.78 is 49.9. The number of fused-ring (bicyclic) bond motifs is 7. The summed E-state index contributed by atoms with van der Waals surface area (Å²) in [5, 5.41) is 10.4. The average Bonchev–Trinajstić information content (AvgIpc) is 3.55. The third-order valence-corrected chi connectivity index (χ3v) is 9.49. The Balaban J connectivity index is 1.36. The van der Waals surface area contributed by atoms with E-state index in [1.165, 1.54) is 0 Å². The molecule has 0 unspecified atom stereocenters. The van der Waals surface area contributed by atoms with Gasteiger partial charge in [0.2, 0.25) is 0 Å². The third kappa shape index (κ3) is 3.97. The van der Waals surface area contributed by atoms with Crippen molar-refractivity contribution in [2.75, 3.05) is 0 Å². The van der Waals surface area contributed by atoms with Crippen LogP contribution in [0.25, 0.3) is 98.4 Å². The molecule has 0 N–H and O–H groups in total. The van der Waals surface area contributed by atoms with Gasteiger partial charge in [0, 0.05) is 10.8 Å². The molecule has 1 heterocycles. The zero-order valence-corrected chi connectivity index (χ0v) is 25.2. The summed E-state index contributed by atoms with van der Waals surface area (Å²) in [5.74, 6) is 0. The molecule has 0 aliphatic carbocycles. The van der Waals surface area contributed by atoms with Crippen LogP contribution in [-0.2, 0) is 0 Å². The summed E-state index contributed by atoms with van der Waals surface area (Å²) >= 11 is 0. The minimum absolute atomic E-state index is 0.186. The molecule has 1 aromatic heterocycles. The summed E-state index contributed by atoms with van der Waals surface area (Å²) in [6, 6.07) is 46.2. The van der Waals surface area contributed by atoms with Crippen molar-refractivity contribution < 1.29 is 11.3 Å². The highest BCUT2D eigenvalue weighted by atomic mass is 16.3. The van der Waals surface area contributed by atoms with Crippen LogP contribution in [0.2, 0.25) is 0 Å². The second kappa shape index (κ2) is 10.2. The second-order valence-electron chi connectivity index (χ2n) is 12.1. The quantitative estimate of drug-likeness (QED) is 0.184. The Morgan fingerprint density at radius 1 is 0.383 bits per heavy atom. The van der Waals surface area contributed by atoms with Crippen molar-refractivity contribution in [2.24, 2.45) is 0 Å². The fourth-order valence-corrected chi connectivity index (χ4v) is 7.47. The SMILES string of the molecule is [2H]c1c([2H])c([2H])c(-c2cc3ccccc3cc2-c2c3ccccc3c(-c3cccc4oc5cc6ccccc6cc5c34)c3ccccc23)c([2H])c1[2H]. The van der Waals surface area contributed by atoms with E-state index in [0.717, 1.165) is 87.3 Å². The first kappa shape index (κ1) is 21.5. The van der Waals surface area contributed by atoms with Crippen molar-refractivity contribution >= 4 is 65.0 Å². The Labute approximate surface area is 279 Å². The van der Waals surface area contributed by atoms with Crippen LogP contribution < -0.4 is 0 Å². The van der Waals surface area contributed by atoms with Crippen molar-refractivity contribution in [3.63, 3.8) is 0 Å². The highest BCUT2D eigenvalue weighted by Gasteiger charge is 2.22. The molecule has 0 atom stereocenters. The van der Waals surface area contributed by atoms with Crippen molar-refractivity contribution in [3.05, 3.63) is 170 Å². The fraction of sp³-hybridized carbons (Fsp3) is 0. The van der Waals surface area contributed by atoms with Gasteiger partial charge in [-0.1, -0.05) is 139 Å². The third-order valence-electron chi connectivity index (χ3n) is 9.49. The molecule has 10 rings (SSSR count). The first-order valence-corrected chi connectivity index (χ1v) is 15.8. The van der Waals surface area contributed by atoms with E-state index in [4.69, 9.17) is 11.3 Å². The number of benzene rings is 9. The molecule has 0 fully saturated rings. The molecule has 0 saturated carbocycles. The maximum atomic E-state index is 9.01. The van der Waals surface area contributed by atoms with Gasteiger partial charge in [-0.3, -0.25) is 0 Å². The maximum absolute atomic E-state index is 9.01.